The maximum Gasteiger partial charge on any atom is 0.0523 e. The molecule has 3 nitrogen and oxygen atoms in total. The summed E-state index contributed by atoms with van der Waals surface area (Å²) in [6.45, 7) is 2.34. The van der Waals surface area contributed by atoms with E-state index in [-0.39, 0.29) is 13.2 Å². The van der Waals surface area contributed by atoms with Gasteiger partial charge < -0.3 is 15.5 Å². The Morgan fingerprint density at radius 1 is 1.20 bits per heavy atom. The van der Waals surface area contributed by atoms with Crippen LogP contribution in [0.4, 0.5) is 5.69 Å². The van der Waals surface area contributed by atoms with E-state index in [0.29, 0.717) is 6.54 Å². The van der Waals surface area contributed by atoms with E-state index in [4.69, 9.17) is 10.2 Å². The third-order valence-corrected chi connectivity index (χ3v) is 3.05. The lowest BCUT2D eigenvalue weighted by Gasteiger charge is -2.25. The zero-order valence-electron chi connectivity index (χ0n) is 8.70. The minimum atomic E-state index is -0.469. The normalized spacial score (nSPS) is 11.5. The van der Waals surface area contributed by atoms with Gasteiger partial charge in [0.2, 0.25) is 0 Å². The molecule has 0 bridgehead atoms. The monoisotopic (exact) mass is 321 g/mol. The lowest BCUT2D eigenvalue weighted by atomic mass is 9.93. The first kappa shape index (κ1) is 12.7. The molecule has 4 heteroatoms. The number of rotatable bonds is 5. The van der Waals surface area contributed by atoms with Crippen molar-refractivity contribution in [3.63, 3.8) is 0 Å². The van der Waals surface area contributed by atoms with Crippen molar-refractivity contribution in [1.29, 1.82) is 0 Å². The Kier molecular flexibility index (Phi) is 4.82. The number of anilines is 1. The number of halogens is 1. The summed E-state index contributed by atoms with van der Waals surface area (Å²) in [6, 6.07) is 7.99. The molecule has 84 valence electrons. The van der Waals surface area contributed by atoms with Crippen molar-refractivity contribution in [3.8, 4) is 0 Å². The Balaban J connectivity index is 2.53. The van der Waals surface area contributed by atoms with Crippen molar-refractivity contribution in [2.75, 3.05) is 25.1 Å². The van der Waals surface area contributed by atoms with Crippen LogP contribution in [0.15, 0.2) is 24.3 Å². The van der Waals surface area contributed by atoms with Crippen molar-refractivity contribution in [2.45, 2.75) is 6.92 Å². The van der Waals surface area contributed by atoms with Gasteiger partial charge in [-0.1, -0.05) is 6.92 Å². The van der Waals surface area contributed by atoms with Gasteiger partial charge in [-0.2, -0.15) is 0 Å². The van der Waals surface area contributed by atoms with Gasteiger partial charge in [0.15, 0.2) is 0 Å². The fourth-order valence-electron chi connectivity index (χ4n) is 1.04. The molecule has 0 amide bonds. The highest BCUT2D eigenvalue weighted by molar-refractivity contribution is 14.1. The van der Waals surface area contributed by atoms with Crippen molar-refractivity contribution in [1.82, 2.24) is 0 Å². The van der Waals surface area contributed by atoms with E-state index < -0.39 is 5.41 Å². The highest BCUT2D eigenvalue weighted by Crippen LogP contribution is 2.17. The van der Waals surface area contributed by atoms with Gasteiger partial charge in [0.05, 0.1) is 13.2 Å². The highest BCUT2D eigenvalue weighted by atomic mass is 127. The van der Waals surface area contributed by atoms with E-state index in [2.05, 4.69) is 27.9 Å². The van der Waals surface area contributed by atoms with Crippen molar-refractivity contribution < 1.29 is 10.2 Å². The predicted molar refractivity (Wildman–Crippen MR) is 69.9 cm³/mol. The van der Waals surface area contributed by atoms with E-state index in [1.54, 1.807) is 0 Å². The largest absolute Gasteiger partial charge is 0.396 e. The van der Waals surface area contributed by atoms with Crippen LogP contribution in [0.25, 0.3) is 0 Å². The third kappa shape index (κ3) is 3.96. The van der Waals surface area contributed by atoms with Gasteiger partial charge in [-0.05, 0) is 46.9 Å². The average Bonchev–Trinajstić information content (AvgIpc) is 2.28. The standard InChI is InChI=1S/C11H16INO2/c1-11(7-14,8-15)6-13-10-4-2-9(12)3-5-10/h2-5,13-15H,6-8H2,1H3. The summed E-state index contributed by atoms with van der Waals surface area (Å²) in [6.07, 6.45) is 0. The summed E-state index contributed by atoms with van der Waals surface area (Å²) in [5, 5.41) is 21.4. The molecular weight excluding hydrogens is 305 g/mol. The SMILES string of the molecule is CC(CO)(CO)CNc1ccc(I)cc1. The maximum atomic E-state index is 9.11. The van der Waals surface area contributed by atoms with Gasteiger partial charge in [0.25, 0.3) is 0 Å². The summed E-state index contributed by atoms with van der Waals surface area (Å²) in [7, 11) is 0. The first-order chi connectivity index (χ1) is 7.09. The van der Waals surface area contributed by atoms with Crippen molar-refractivity contribution in [2.24, 2.45) is 5.41 Å². The molecular formula is C11H16INO2. The van der Waals surface area contributed by atoms with Crippen LogP contribution in [0, 0.1) is 8.99 Å². The first-order valence-corrected chi connectivity index (χ1v) is 5.89. The highest BCUT2D eigenvalue weighted by Gasteiger charge is 2.21. The summed E-state index contributed by atoms with van der Waals surface area (Å²) in [5.74, 6) is 0. The van der Waals surface area contributed by atoms with Crippen molar-refractivity contribution >= 4 is 28.3 Å². The Labute approximate surface area is 104 Å². The van der Waals surface area contributed by atoms with E-state index in [1.165, 1.54) is 3.57 Å². The second-order valence-corrected chi connectivity index (χ2v) is 5.23. The first-order valence-electron chi connectivity index (χ1n) is 4.81. The molecule has 1 aromatic carbocycles. The van der Waals surface area contributed by atoms with Gasteiger partial charge >= 0.3 is 0 Å². The minimum Gasteiger partial charge on any atom is -0.396 e. The molecule has 0 saturated heterocycles. The average molecular weight is 321 g/mol. The van der Waals surface area contributed by atoms with E-state index in [0.717, 1.165) is 5.69 Å². The molecule has 0 heterocycles. The number of aliphatic hydroxyl groups excluding tert-OH is 2. The van der Waals surface area contributed by atoms with Gasteiger partial charge in [-0.3, -0.25) is 0 Å². The maximum absolute atomic E-state index is 9.11. The Morgan fingerprint density at radius 2 is 1.73 bits per heavy atom. The second-order valence-electron chi connectivity index (χ2n) is 3.99. The molecule has 0 aliphatic rings. The number of hydrogen-bond acceptors (Lipinski definition) is 3. The zero-order valence-corrected chi connectivity index (χ0v) is 10.9. The molecule has 0 aromatic heterocycles. The second kappa shape index (κ2) is 5.67. The summed E-state index contributed by atoms with van der Waals surface area (Å²) in [4.78, 5) is 0. The zero-order chi connectivity index (χ0) is 11.3. The molecule has 1 rings (SSSR count). The van der Waals surface area contributed by atoms with Crippen LogP contribution in [-0.2, 0) is 0 Å². The smallest absolute Gasteiger partial charge is 0.0523 e. The van der Waals surface area contributed by atoms with Crippen molar-refractivity contribution in [3.05, 3.63) is 27.8 Å². The number of nitrogens with one attached hydrogen (secondary N) is 1. The lowest BCUT2D eigenvalue weighted by Crippen LogP contribution is -2.33. The van der Waals surface area contributed by atoms with Crippen LogP contribution in [0.5, 0.6) is 0 Å². The fourth-order valence-corrected chi connectivity index (χ4v) is 1.40. The van der Waals surface area contributed by atoms with Gasteiger partial charge in [0.1, 0.15) is 0 Å². The van der Waals surface area contributed by atoms with Crippen LogP contribution >= 0.6 is 22.6 Å². The number of benzene rings is 1. The quantitative estimate of drug-likeness (QED) is 0.724. The molecule has 0 fully saturated rings. The minimum absolute atomic E-state index is 0.0269. The molecule has 0 unspecified atom stereocenters. The van der Waals surface area contributed by atoms with Gasteiger partial charge in [-0.15, -0.1) is 0 Å². The Bertz CT molecular complexity index is 296. The van der Waals surface area contributed by atoms with Gasteiger partial charge in [0, 0.05) is 21.2 Å². The lowest BCUT2D eigenvalue weighted by molar-refractivity contribution is 0.0806. The number of hydrogen-bond donors (Lipinski definition) is 3. The molecule has 15 heavy (non-hydrogen) atoms. The molecule has 0 spiro atoms. The third-order valence-electron chi connectivity index (χ3n) is 2.33. The Morgan fingerprint density at radius 3 is 2.20 bits per heavy atom. The summed E-state index contributed by atoms with van der Waals surface area (Å²) in [5.41, 5.74) is 0.534. The summed E-state index contributed by atoms with van der Waals surface area (Å²) >= 11 is 2.25. The molecule has 0 atom stereocenters. The van der Waals surface area contributed by atoms with Gasteiger partial charge in [-0.25, -0.2) is 0 Å². The molecule has 0 saturated carbocycles. The van der Waals surface area contributed by atoms with Crippen LogP contribution in [0.2, 0.25) is 0 Å². The topological polar surface area (TPSA) is 52.5 Å². The molecule has 3 N–H and O–H groups in total. The fraction of sp³-hybridized carbons (Fsp3) is 0.455. The molecule has 1 aromatic rings. The van der Waals surface area contributed by atoms with Crippen LogP contribution < -0.4 is 5.32 Å². The predicted octanol–water partition coefficient (Wildman–Crippen LogP) is 1.69. The molecule has 0 radical (unpaired) electrons. The molecule has 0 aliphatic carbocycles. The Hall–Kier alpha value is -0.330. The van der Waals surface area contributed by atoms with Crippen LogP contribution in [0.3, 0.4) is 0 Å². The number of aliphatic hydroxyl groups is 2. The molecule has 0 aliphatic heterocycles. The van der Waals surface area contributed by atoms with Crippen LogP contribution in [-0.4, -0.2) is 30.0 Å². The summed E-state index contributed by atoms with van der Waals surface area (Å²) < 4.78 is 1.19. The van der Waals surface area contributed by atoms with Crippen LogP contribution in [0.1, 0.15) is 6.92 Å². The van der Waals surface area contributed by atoms with E-state index in [1.807, 2.05) is 31.2 Å². The van der Waals surface area contributed by atoms with E-state index >= 15 is 0 Å². The van der Waals surface area contributed by atoms with E-state index in [9.17, 15) is 0 Å².